The van der Waals surface area contributed by atoms with Gasteiger partial charge in [-0.15, -0.1) is 0 Å². The van der Waals surface area contributed by atoms with E-state index in [0.29, 0.717) is 28.2 Å². The molecule has 0 bridgehead atoms. The van der Waals surface area contributed by atoms with E-state index in [9.17, 15) is 9.59 Å². The summed E-state index contributed by atoms with van der Waals surface area (Å²) in [6.45, 7) is 6.73. The maximum atomic E-state index is 13.2. The van der Waals surface area contributed by atoms with Crippen LogP contribution in [0.2, 0.25) is 0 Å². The van der Waals surface area contributed by atoms with Crippen molar-refractivity contribution in [1.29, 1.82) is 0 Å². The molecule has 0 spiro atoms. The van der Waals surface area contributed by atoms with E-state index >= 15 is 0 Å². The molecule has 0 aliphatic carbocycles. The monoisotopic (exact) mass is 437 g/mol. The van der Waals surface area contributed by atoms with Gasteiger partial charge in [-0.3, -0.25) is 19.1 Å². The second-order valence-corrected chi connectivity index (χ2v) is 8.97. The van der Waals surface area contributed by atoms with Crippen LogP contribution in [0, 0.1) is 0 Å². The van der Waals surface area contributed by atoms with Gasteiger partial charge in [-0.25, -0.2) is 4.98 Å². The Hall–Kier alpha value is -2.48. The van der Waals surface area contributed by atoms with Crippen LogP contribution in [0.15, 0.2) is 64.5 Å². The van der Waals surface area contributed by atoms with Crippen molar-refractivity contribution in [2.75, 3.05) is 32.8 Å². The molecule has 7 heteroatoms. The molecule has 2 heterocycles. The quantitative estimate of drug-likeness (QED) is 0.305. The third kappa shape index (κ3) is 5.23. The van der Waals surface area contributed by atoms with Crippen molar-refractivity contribution >= 4 is 28.4 Å². The predicted octanol–water partition coefficient (Wildman–Crippen LogP) is 3.48. The van der Waals surface area contributed by atoms with E-state index in [0.717, 1.165) is 39.3 Å². The standard InChI is InChI=1S/C24H27N3O3S/c1-18(22(28)19-8-3-2-4-9-19)31-24-25-21-11-6-5-10-20(21)23(29)27(24)13-7-12-26-14-16-30-17-15-26/h2-6,8-11,18H,7,12-17H2,1H3/t18-/m1/s1. The number of nitrogens with zero attached hydrogens (tertiary/aromatic N) is 3. The van der Waals surface area contributed by atoms with Crippen molar-refractivity contribution in [3.63, 3.8) is 0 Å². The fraction of sp³-hybridized carbons (Fsp3) is 0.375. The molecule has 0 saturated carbocycles. The van der Waals surface area contributed by atoms with Crippen LogP contribution in [0.1, 0.15) is 23.7 Å². The smallest absolute Gasteiger partial charge is 0.262 e. The highest BCUT2D eigenvalue weighted by molar-refractivity contribution is 8.00. The molecule has 1 saturated heterocycles. The Bertz CT molecular complexity index is 1090. The van der Waals surface area contributed by atoms with Crippen LogP contribution < -0.4 is 5.56 Å². The fourth-order valence-electron chi connectivity index (χ4n) is 3.76. The third-order valence-electron chi connectivity index (χ3n) is 5.50. The van der Waals surface area contributed by atoms with Crippen LogP contribution in [0.5, 0.6) is 0 Å². The molecule has 0 N–H and O–H groups in total. The third-order valence-corrected chi connectivity index (χ3v) is 6.59. The van der Waals surface area contributed by atoms with Gasteiger partial charge in [0.2, 0.25) is 0 Å². The van der Waals surface area contributed by atoms with E-state index in [1.807, 2.05) is 61.5 Å². The summed E-state index contributed by atoms with van der Waals surface area (Å²) < 4.78 is 7.15. The number of aromatic nitrogens is 2. The van der Waals surface area contributed by atoms with E-state index in [4.69, 9.17) is 9.72 Å². The van der Waals surface area contributed by atoms with Crippen LogP contribution in [0.3, 0.4) is 0 Å². The van der Waals surface area contributed by atoms with Gasteiger partial charge in [0.25, 0.3) is 5.56 Å². The predicted molar refractivity (Wildman–Crippen MR) is 124 cm³/mol. The van der Waals surface area contributed by atoms with Crippen LogP contribution in [-0.2, 0) is 11.3 Å². The minimum absolute atomic E-state index is 0.0351. The van der Waals surface area contributed by atoms with E-state index in [1.54, 1.807) is 4.57 Å². The normalized spacial score (nSPS) is 15.8. The molecular formula is C24H27N3O3S. The molecule has 4 rings (SSSR count). The summed E-state index contributed by atoms with van der Waals surface area (Å²) in [6.07, 6.45) is 0.842. The SMILES string of the molecule is C[C@@H](Sc1nc2ccccc2c(=O)n1CCCN1CCOCC1)C(=O)c1ccccc1. The highest BCUT2D eigenvalue weighted by Crippen LogP contribution is 2.25. The van der Waals surface area contributed by atoms with Gasteiger partial charge in [0.05, 0.1) is 29.4 Å². The number of fused-ring (bicyclic) bond motifs is 1. The average Bonchev–Trinajstić information content (AvgIpc) is 2.82. The first kappa shape index (κ1) is 21.7. The topological polar surface area (TPSA) is 64.4 Å². The van der Waals surface area contributed by atoms with Crippen molar-refractivity contribution in [2.24, 2.45) is 0 Å². The number of para-hydroxylation sites is 1. The Labute approximate surface area is 186 Å². The molecule has 1 atom stereocenters. The van der Waals surface area contributed by atoms with Crippen molar-refractivity contribution < 1.29 is 9.53 Å². The Morgan fingerprint density at radius 3 is 2.55 bits per heavy atom. The Balaban J connectivity index is 1.57. The number of hydrogen-bond acceptors (Lipinski definition) is 6. The first-order chi connectivity index (χ1) is 15.1. The molecule has 31 heavy (non-hydrogen) atoms. The number of ether oxygens (including phenoxy) is 1. The minimum Gasteiger partial charge on any atom is -0.379 e. The number of hydrogen-bond donors (Lipinski definition) is 0. The number of carbonyl (C=O) groups is 1. The molecule has 0 radical (unpaired) electrons. The molecule has 0 amide bonds. The highest BCUT2D eigenvalue weighted by Gasteiger charge is 2.20. The Morgan fingerprint density at radius 1 is 1.06 bits per heavy atom. The lowest BCUT2D eigenvalue weighted by Crippen LogP contribution is -2.37. The lowest BCUT2D eigenvalue weighted by Gasteiger charge is -2.26. The summed E-state index contributed by atoms with van der Waals surface area (Å²) in [4.78, 5) is 33.2. The van der Waals surface area contributed by atoms with E-state index in [-0.39, 0.29) is 16.6 Å². The summed E-state index contributed by atoms with van der Waals surface area (Å²) in [5.74, 6) is 0.0351. The van der Waals surface area contributed by atoms with Gasteiger partial charge in [-0.05, 0) is 25.5 Å². The molecule has 6 nitrogen and oxygen atoms in total. The van der Waals surface area contributed by atoms with Crippen molar-refractivity contribution in [3.8, 4) is 0 Å². The average molecular weight is 438 g/mol. The summed E-state index contributed by atoms with van der Waals surface area (Å²) in [5, 5.41) is 0.865. The largest absolute Gasteiger partial charge is 0.379 e. The van der Waals surface area contributed by atoms with Gasteiger partial charge in [0, 0.05) is 31.7 Å². The Morgan fingerprint density at radius 2 is 1.77 bits per heavy atom. The summed E-state index contributed by atoms with van der Waals surface area (Å²) in [7, 11) is 0. The van der Waals surface area contributed by atoms with Gasteiger partial charge in [-0.1, -0.05) is 54.2 Å². The second kappa shape index (κ2) is 10.2. The molecule has 0 unspecified atom stereocenters. The first-order valence-corrected chi connectivity index (χ1v) is 11.6. The molecule has 3 aromatic rings. The lowest BCUT2D eigenvalue weighted by atomic mass is 10.1. The fourth-order valence-corrected chi connectivity index (χ4v) is 4.77. The maximum Gasteiger partial charge on any atom is 0.262 e. The Kier molecular flexibility index (Phi) is 7.17. The van der Waals surface area contributed by atoms with Gasteiger partial charge in [0.1, 0.15) is 0 Å². The van der Waals surface area contributed by atoms with Gasteiger partial charge in [0.15, 0.2) is 10.9 Å². The molecular weight excluding hydrogens is 410 g/mol. The summed E-state index contributed by atoms with van der Waals surface area (Å²) >= 11 is 1.36. The summed E-state index contributed by atoms with van der Waals surface area (Å²) in [5.41, 5.74) is 1.29. The zero-order valence-electron chi connectivity index (χ0n) is 17.7. The van der Waals surface area contributed by atoms with Crippen molar-refractivity contribution in [1.82, 2.24) is 14.5 Å². The molecule has 1 aromatic heterocycles. The number of Topliss-reactive ketones (excluding diaryl/α,β-unsaturated/α-hetero) is 1. The van der Waals surface area contributed by atoms with Gasteiger partial charge in [-0.2, -0.15) is 0 Å². The number of thioether (sulfide) groups is 1. The highest BCUT2D eigenvalue weighted by atomic mass is 32.2. The minimum atomic E-state index is -0.346. The van der Waals surface area contributed by atoms with Crippen LogP contribution in [-0.4, -0.2) is 58.3 Å². The molecule has 162 valence electrons. The molecule has 1 aliphatic rings. The van der Waals surface area contributed by atoms with Gasteiger partial charge < -0.3 is 4.74 Å². The maximum absolute atomic E-state index is 13.2. The lowest BCUT2D eigenvalue weighted by molar-refractivity contribution is 0.0368. The molecule has 2 aromatic carbocycles. The number of morpholine rings is 1. The van der Waals surface area contributed by atoms with Crippen LogP contribution in [0.4, 0.5) is 0 Å². The van der Waals surface area contributed by atoms with Crippen LogP contribution >= 0.6 is 11.8 Å². The van der Waals surface area contributed by atoms with E-state index in [1.165, 1.54) is 11.8 Å². The number of carbonyl (C=O) groups excluding carboxylic acids is 1. The zero-order chi connectivity index (χ0) is 21.6. The van der Waals surface area contributed by atoms with Crippen LogP contribution in [0.25, 0.3) is 10.9 Å². The number of benzene rings is 2. The first-order valence-electron chi connectivity index (χ1n) is 10.7. The zero-order valence-corrected chi connectivity index (χ0v) is 18.5. The van der Waals surface area contributed by atoms with E-state index < -0.39 is 0 Å². The molecule has 1 fully saturated rings. The summed E-state index contributed by atoms with van der Waals surface area (Å²) in [6, 6.07) is 16.7. The molecule has 1 aliphatic heterocycles. The van der Waals surface area contributed by atoms with E-state index in [2.05, 4.69) is 4.90 Å². The number of ketones is 1. The number of rotatable bonds is 8. The van der Waals surface area contributed by atoms with Crippen molar-refractivity contribution in [2.45, 2.75) is 30.3 Å². The van der Waals surface area contributed by atoms with Crippen molar-refractivity contribution in [3.05, 3.63) is 70.5 Å². The van der Waals surface area contributed by atoms with Gasteiger partial charge >= 0.3 is 0 Å². The second-order valence-electron chi connectivity index (χ2n) is 7.67.